The number of hydrogen-bond donors (Lipinski definition) is 2. The Morgan fingerprint density at radius 3 is 3.08 bits per heavy atom. The van der Waals surface area contributed by atoms with Crippen molar-refractivity contribution in [1.82, 2.24) is 9.97 Å². The predicted molar refractivity (Wildman–Crippen MR) is 106 cm³/mol. The Balaban J connectivity index is 1.87. The average Bonchev–Trinajstić information content (AvgIpc) is 2.62. The van der Waals surface area contributed by atoms with Gasteiger partial charge in [0.1, 0.15) is 5.82 Å². The van der Waals surface area contributed by atoms with E-state index in [4.69, 9.17) is 4.74 Å². The molecule has 6 nitrogen and oxygen atoms in total. The molecule has 1 aromatic heterocycles. The van der Waals surface area contributed by atoms with Crippen molar-refractivity contribution in [2.45, 2.75) is 19.3 Å². The minimum absolute atomic E-state index is 0.586. The van der Waals surface area contributed by atoms with E-state index in [2.05, 4.69) is 59.6 Å². The minimum Gasteiger partial charge on any atom is -0.383 e. The van der Waals surface area contributed by atoms with Gasteiger partial charge in [-0.05, 0) is 53.4 Å². The first kappa shape index (κ1) is 17.9. The highest BCUT2D eigenvalue weighted by Gasteiger charge is 2.10. The van der Waals surface area contributed by atoms with E-state index in [0.29, 0.717) is 5.95 Å². The summed E-state index contributed by atoms with van der Waals surface area (Å²) in [6.07, 6.45) is 5.21. The largest absolute Gasteiger partial charge is 0.383 e. The molecule has 0 aliphatic carbocycles. The van der Waals surface area contributed by atoms with Crippen molar-refractivity contribution in [1.29, 1.82) is 0 Å². The van der Waals surface area contributed by atoms with Gasteiger partial charge in [-0.2, -0.15) is 4.98 Å². The number of fused-ring (bicyclic) bond motifs is 4. The van der Waals surface area contributed by atoms with Crippen LogP contribution in [0.5, 0.6) is 0 Å². The van der Waals surface area contributed by atoms with Crippen LogP contribution in [0.15, 0.2) is 34.9 Å². The van der Waals surface area contributed by atoms with Gasteiger partial charge >= 0.3 is 0 Å². The van der Waals surface area contributed by atoms with E-state index in [9.17, 15) is 0 Å². The molecular weight excluding hydrogens is 382 g/mol. The summed E-state index contributed by atoms with van der Waals surface area (Å²) in [4.78, 5) is 11.3. The lowest BCUT2D eigenvalue weighted by molar-refractivity contribution is 0.205. The maximum atomic E-state index is 5.27. The average molecular weight is 406 g/mol. The number of methoxy groups -OCH3 is 1. The van der Waals surface area contributed by atoms with Crippen LogP contribution in [0.25, 0.3) is 0 Å². The fourth-order valence-electron chi connectivity index (χ4n) is 2.84. The maximum Gasteiger partial charge on any atom is 0.229 e. The fourth-order valence-corrected chi connectivity index (χ4v) is 3.17. The summed E-state index contributed by atoms with van der Waals surface area (Å²) in [5.41, 5.74) is 2.17. The van der Waals surface area contributed by atoms with Gasteiger partial charge in [-0.15, -0.1) is 0 Å². The van der Waals surface area contributed by atoms with Crippen molar-refractivity contribution < 1.29 is 4.74 Å². The van der Waals surface area contributed by atoms with Crippen LogP contribution < -0.4 is 15.5 Å². The molecule has 2 heterocycles. The third kappa shape index (κ3) is 5.06. The monoisotopic (exact) mass is 405 g/mol. The molecule has 3 rings (SSSR count). The van der Waals surface area contributed by atoms with Crippen molar-refractivity contribution >= 4 is 39.1 Å². The molecule has 0 fully saturated rings. The first-order valence-corrected chi connectivity index (χ1v) is 9.43. The Kier molecular flexibility index (Phi) is 6.47. The van der Waals surface area contributed by atoms with Gasteiger partial charge in [-0.3, -0.25) is 0 Å². The summed E-state index contributed by atoms with van der Waals surface area (Å²) in [7, 11) is 1.75. The number of nitrogens with one attached hydrogen (secondary N) is 2. The van der Waals surface area contributed by atoms with Crippen molar-refractivity contribution in [2.24, 2.45) is 0 Å². The summed E-state index contributed by atoms with van der Waals surface area (Å²) in [6, 6.07) is 8.37. The van der Waals surface area contributed by atoms with Crippen LogP contribution in [-0.4, -0.2) is 43.3 Å². The molecule has 1 aliphatic heterocycles. The molecule has 4 bridgehead atoms. The zero-order chi connectivity index (χ0) is 17.5. The quantitative estimate of drug-likeness (QED) is 0.803. The SMILES string of the molecule is COCCN1CCCCCNc2nc(ncc2Br)Nc2cccc1c2. The summed E-state index contributed by atoms with van der Waals surface area (Å²) in [6.45, 7) is 3.53. The van der Waals surface area contributed by atoms with Gasteiger partial charge < -0.3 is 20.3 Å². The first-order chi connectivity index (χ1) is 12.3. The van der Waals surface area contributed by atoms with Gasteiger partial charge in [0.15, 0.2) is 0 Å². The Morgan fingerprint density at radius 2 is 2.20 bits per heavy atom. The Hall–Kier alpha value is -1.86. The molecular formula is C18H24BrN5O. The molecule has 0 saturated heterocycles. The highest BCUT2D eigenvalue weighted by atomic mass is 79.9. The second-order valence-corrected chi connectivity index (χ2v) is 6.89. The number of aromatic nitrogens is 2. The molecule has 25 heavy (non-hydrogen) atoms. The van der Waals surface area contributed by atoms with Gasteiger partial charge in [-0.25, -0.2) is 4.98 Å². The van der Waals surface area contributed by atoms with Gasteiger partial charge in [0, 0.05) is 44.3 Å². The number of nitrogens with zero attached hydrogens (tertiary/aromatic N) is 3. The zero-order valence-electron chi connectivity index (χ0n) is 14.5. The summed E-state index contributed by atoms with van der Waals surface area (Å²) >= 11 is 3.51. The number of benzene rings is 1. The smallest absolute Gasteiger partial charge is 0.229 e. The van der Waals surface area contributed by atoms with E-state index in [0.717, 1.165) is 55.1 Å². The topological polar surface area (TPSA) is 62.3 Å². The Labute approximate surface area is 157 Å². The lowest BCUT2D eigenvalue weighted by Crippen LogP contribution is -2.28. The molecule has 0 saturated carbocycles. The number of hydrogen-bond acceptors (Lipinski definition) is 6. The molecule has 2 aromatic rings. The Bertz CT molecular complexity index is 697. The van der Waals surface area contributed by atoms with Crippen LogP contribution in [-0.2, 0) is 4.74 Å². The van der Waals surface area contributed by atoms with Crippen LogP contribution in [0.2, 0.25) is 0 Å². The van der Waals surface area contributed by atoms with Gasteiger partial charge in [-0.1, -0.05) is 6.07 Å². The predicted octanol–water partition coefficient (Wildman–Crippen LogP) is 4.03. The lowest BCUT2D eigenvalue weighted by Gasteiger charge is -2.25. The molecule has 0 atom stereocenters. The fraction of sp³-hybridized carbons (Fsp3) is 0.444. The number of halogens is 1. The van der Waals surface area contributed by atoms with Crippen molar-refractivity contribution in [3.63, 3.8) is 0 Å². The van der Waals surface area contributed by atoms with Crippen LogP contribution in [0.3, 0.4) is 0 Å². The Morgan fingerprint density at radius 1 is 1.28 bits per heavy atom. The summed E-state index contributed by atoms with van der Waals surface area (Å²) < 4.78 is 6.15. The minimum atomic E-state index is 0.586. The van der Waals surface area contributed by atoms with E-state index in [1.807, 2.05) is 6.07 Å². The van der Waals surface area contributed by atoms with Crippen LogP contribution in [0.4, 0.5) is 23.1 Å². The third-order valence-corrected chi connectivity index (χ3v) is 4.75. The van der Waals surface area contributed by atoms with Gasteiger partial charge in [0.25, 0.3) is 0 Å². The van der Waals surface area contributed by atoms with E-state index >= 15 is 0 Å². The number of anilines is 4. The molecule has 2 N–H and O–H groups in total. The molecule has 0 radical (unpaired) electrons. The molecule has 0 unspecified atom stereocenters. The second kappa shape index (κ2) is 9.01. The summed E-state index contributed by atoms with van der Waals surface area (Å²) in [5.74, 6) is 1.41. The molecule has 1 aliphatic rings. The van der Waals surface area contributed by atoms with E-state index in [1.54, 1.807) is 13.3 Å². The number of rotatable bonds is 3. The maximum absolute atomic E-state index is 5.27. The lowest BCUT2D eigenvalue weighted by atomic mass is 10.2. The standard InChI is InChI=1S/C18H24BrN5O/c1-25-11-10-24-9-4-2-3-8-20-17-16(19)13-21-18(23-17)22-14-6-5-7-15(24)12-14/h5-7,12-13H,2-4,8-11H2,1H3,(H2,20,21,22,23). The third-order valence-electron chi connectivity index (χ3n) is 4.17. The second-order valence-electron chi connectivity index (χ2n) is 6.03. The van der Waals surface area contributed by atoms with Crippen molar-refractivity contribution in [3.05, 3.63) is 34.9 Å². The van der Waals surface area contributed by atoms with Crippen LogP contribution in [0.1, 0.15) is 19.3 Å². The molecule has 0 spiro atoms. The number of ether oxygens (including phenoxy) is 1. The van der Waals surface area contributed by atoms with Gasteiger partial charge in [0.2, 0.25) is 5.95 Å². The van der Waals surface area contributed by atoms with E-state index in [1.165, 1.54) is 12.1 Å². The highest BCUT2D eigenvalue weighted by Crippen LogP contribution is 2.25. The molecule has 0 amide bonds. The molecule has 1 aromatic carbocycles. The normalized spacial score (nSPS) is 15.0. The van der Waals surface area contributed by atoms with Crippen molar-refractivity contribution in [3.8, 4) is 0 Å². The molecule has 7 heteroatoms. The summed E-state index contributed by atoms with van der Waals surface area (Å²) in [5, 5.41) is 6.69. The van der Waals surface area contributed by atoms with E-state index < -0.39 is 0 Å². The first-order valence-electron chi connectivity index (χ1n) is 8.63. The highest BCUT2D eigenvalue weighted by molar-refractivity contribution is 9.10. The van der Waals surface area contributed by atoms with E-state index in [-0.39, 0.29) is 0 Å². The van der Waals surface area contributed by atoms with Crippen molar-refractivity contribution in [2.75, 3.05) is 48.9 Å². The van der Waals surface area contributed by atoms with Gasteiger partial charge in [0.05, 0.1) is 11.1 Å². The molecule has 134 valence electrons. The van der Waals surface area contributed by atoms with Crippen LogP contribution in [0, 0.1) is 0 Å². The van der Waals surface area contributed by atoms with Crippen LogP contribution >= 0.6 is 15.9 Å². The zero-order valence-corrected chi connectivity index (χ0v) is 16.1.